The van der Waals surface area contributed by atoms with Gasteiger partial charge >= 0.3 is 0 Å². The lowest BCUT2D eigenvalue weighted by Crippen LogP contribution is -2.07. The predicted octanol–water partition coefficient (Wildman–Crippen LogP) is 4.55. The molecule has 0 aliphatic rings. The van der Waals surface area contributed by atoms with Crippen molar-refractivity contribution in [3.63, 3.8) is 0 Å². The molecule has 0 saturated carbocycles. The second-order valence-electron chi connectivity index (χ2n) is 4.64. The Morgan fingerprint density at radius 2 is 2.15 bits per heavy atom. The SMILES string of the molecule is CCCNc1ncccc1COc1ccc(Br)cc1C. The van der Waals surface area contributed by atoms with Gasteiger partial charge in [-0.15, -0.1) is 0 Å². The molecule has 0 atom stereocenters. The number of rotatable bonds is 6. The molecule has 0 aliphatic carbocycles. The quantitative estimate of drug-likeness (QED) is 0.841. The van der Waals surface area contributed by atoms with Gasteiger partial charge in [0.15, 0.2) is 0 Å². The highest BCUT2D eigenvalue weighted by Gasteiger charge is 2.05. The Morgan fingerprint density at radius 1 is 1.30 bits per heavy atom. The molecule has 2 aromatic rings. The van der Waals surface area contributed by atoms with Crippen molar-refractivity contribution in [1.29, 1.82) is 0 Å². The fourth-order valence-electron chi connectivity index (χ4n) is 1.89. The number of hydrogen-bond acceptors (Lipinski definition) is 3. The zero-order valence-corrected chi connectivity index (χ0v) is 13.4. The summed E-state index contributed by atoms with van der Waals surface area (Å²) in [6, 6.07) is 10.00. The van der Waals surface area contributed by atoms with E-state index in [4.69, 9.17) is 4.74 Å². The smallest absolute Gasteiger partial charge is 0.132 e. The van der Waals surface area contributed by atoms with E-state index in [1.54, 1.807) is 6.20 Å². The molecule has 1 N–H and O–H groups in total. The first-order valence-corrected chi connectivity index (χ1v) is 7.56. The maximum atomic E-state index is 5.90. The minimum Gasteiger partial charge on any atom is -0.488 e. The Morgan fingerprint density at radius 3 is 2.90 bits per heavy atom. The third kappa shape index (κ3) is 3.97. The van der Waals surface area contributed by atoms with Crippen LogP contribution in [-0.2, 0) is 6.61 Å². The van der Waals surface area contributed by atoms with Crippen molar-refractivity contribution < 1.29 is 4.74 Å². The second-order valence-corrected chi connectivity index (χ2v) is 5.55. The van der Waals surface area contributed by atoms with E-state index < -0.39 is 0 Å². The van der Waals surface area contributed by atoms with Gasteiger partial charge in [0, 0.05) is 22.8 Å². The lowest BCUT2D eigenvalue weighted by molar-refractivity contribution is 0.304. The fourth-order valence-corrected chi connectivity index (χ4v) is 2.36. The number of aryl methyl sites for hydroxylation is 1. The molecule has 1 aromatic heterocycles. The van der Waals surface area contributed by atoms with Crippen LogP contribution in [0.25, 0.3) is 0 Å². The maximum absolute atomic E-state index is 5.90. The zero-order chi connectivity index (χ0) is 14.4. The Labute approximate surface area is 128 Å². The summed E-state index contributed by atoms with van der Waals surface area (Å²) in [5.74, 6) is 1.81. The van der Waals surface area contributed by atoms with Gasteiger partial charge in [-0.3, -0.25) is 0 Å². The fraction of sp³-hybridized carbons (Fsp3) is 0.312. The standard InChI is InChI=1S/C16H19BrN2O/c1-3-8-18-16-13(5-4-9-19-16)11-20-15-7-6-14(17)10-12(15)2/h4-7,9-10H,3,8,11H2,1-2H3,(H,18,19). The van der Waals surface area contributed by atoms with Crippen molar-refractivity contribution in [3.05, 3.63) is 52.1 Å². The van der Waals surface area contributed by atoms with Gasteiger partial charge in [0.1, 0.15) is 18.2 Å². The molecular weight excluding hydrogens is 316 g/mol. The third-order valence-electron chi connectivity index (χ3n) is 2.95. The molecule has 1 aromatic carbocycles. The van der Waals surface area contributed by atoms with Gasteiger partial charge in [-0.25, -0.2) is 4.98 Å². The van der Waals surface area contributed by atoms with E-state index in [0.717, 1.165) is 40.1 Å². The van der Waals surface area contributed by atoms with Crippen LogP contribution in [0.3, 0.4) is 0 Å². The minimum atomic E-state index is 0.516. The molecule has 0 spiro atoms. The molecular formula is C16H19BrN2O. The van der Waals surface area contributed by atoms with Crippen LogP contribution in [-0.4, -0.2) is 11.5 Å². The van der Waals surface area contributed by atoms with Gasteiger partial charge in [0.2, 0.25) is 0 Å². The monoisotopic (exact) mass is 334 g/mol. The summed E-state index contributed by atoms with van der Waals surface area (Å²) < 4.78 is 6.96. The van der Waals surface area contributed by atoms with Crippen LogP contribution in [0.15, 0.2) is 41.0 Å². The Hall–Kier alpha value is -1.55. The van der Waals surface area contributed by atoms with Crippen molar-refractivity contribution in [2.24, 2.45) is 0 Å². The minimum absolute atomic E-state index is 0.516. The summed E-state index contributed by atoms with van der Waals surface area (Å²) >= 11 is 3.46. The summed E-state index contributed by atoms with van der Waals surface area (Å²) in [5, 5.41) is 3.32. The number of nitrogens with one attached hydrogen (secondary N) is 1. The highest BCUT2D eigenvalue weighted by Crippen LogP contribution is 2.24. The molecule has 0 radical (unpaired) electrons. The first kappa shape index (κ1) is 14.9. The van der Waals surface area contributed by atoms with Crippen LogP contribution >= 0.6 is 15.9 Å². The van der Waals surface area contributed by atoms with Crippen LogP contribution in [0.5, 0.6) is 5.75 Å². The average molecular weight is 335 g/mol. The van der Waals surface area contributed by atoms with Crippen LogP contribution in [0, 0.1) is 6.92 Å². The number of benzene rings is 1. The van der Waals surface area contributed by atoms with Gasteiger partial charge < -0.3 is 10.1 Å². The van der Waals surface area contributed by atoms with E-state index in [1.807, 2.05) is 31.2 Å². The van der Waals surface area contributed by atoms with Gasteiger partial charge in [0.25, 0.3) is 0 Å². The van der Waals surface area contributed by atoms with Crippen molar-refractivity contribution in [3.8, 4) is 5.75 Å². The van der Waals surface area contributed by atoms with Crippen molar-refractivity contribution >= 4 is 21.7 Å². The number of halogens is 1. The van der Waals surface area contributed by atoms with Crippen LogP contribution in [0.1, 0.15) is 24.5 Å². The van der Waals surface area contributed by atoms with Gasteiger partial charge in [0.05, 0.1) is 0 Å². The molecule has 106 valence electrons. The summed E-state index contributed by atoms with van der Waals surface area (Å²) in [7, 11) is 0. The lowest BCUT2D eigenvalue weighted by Gasteiger charge is -2.13. The van der Waals surface area contributed by atoms with E-state index >= 15 is 0 Å². The number of pyridine rings is 1. The van der Waals surface area contributed by atoms with Crippen LogP contribution < -0.4 is 10.1 Å². The highest BCUT2D eigenvalue weighted by atomic mass is 79.9. The molecule has 0 aliphatic heterocycles. The number of aromatic nitrogens is 1. The largest absolute Gasteiger partial charge is 0.488 e. The predicted molar refractivity (Wildman–Crippen MR) is 86.2 cm³/mol. The molecule has 0 amide bonds. The van der Waals surface area contributed by atoms with Crippen molar-refractivity contribution in [2.45, 2.75) is 26.9 Å². The first-order chi connectivity index (χ1) is 9.70. The van der Waals surface area contributed by atoms with E-state index in [0.29, 0.717) is 6.61 Å². The molecule has 0 fully saturated rings. The van der Waals surface area contributed by atoms with E-state index in [9.17, 15) is 0 Å². The summed E-state index contributed by atoms with van der Waals surface area (Å²) in [4.78, 5) is 4.37. The van der Waals surface area contributed by atoms with Gasteiger partial charge in [-0.2, -0.15) is 0 Å². The summed E-state index contributed by atoms with van der Waals surface area (Å²) in [6.45, 7) is 5.61. The summed E-state index contributed by atoms with van der Waals surface area (Å²) in [5.41, 5.74) is 2.19. The molecule has 4 heteroatoms. The van der Waals surface area contributed by atoms with Gasteiger partial charge in [-0.05, 0) is 43.2 Å². The molecule has 1 heterocycles. The van der Waals surface area contributed by atoms with Gasteiger partial charge in [-0.1, -0.05) is 28.9 Å². The molecule has 0 unspecified atom stereocenters. The Balaban J connectivity index is 2.06. The van der Waals surface area contributed by atoms with Crippen LogP contribution in [0.4, 0.5) is 5.82 Å². The summed E-state index contributed by atoms with van der Waals surface area (Å²) in [6.07, 6.45) is 2.87. The average Bonchev–Trinajstić information content (AvgIpc) is 2.45. The van der Waals surface area contributed by atoms with Crippen molar-refractivity contribution in [2.75, 3.05) is 11.9 Å². The second kappa shape index (κ2) is 7.29. The number of nitrogens with zero attached hydrogens (tertiary/aromatic N) is 1. The molecule has 3 nitrogen and oxygen atoms in total. The normalized spacial score (nSPS) is 10.3. The highest BCUT2D eigenvalue weighted by molar-refractivity contribution is 9.10. The number of hydrogen-bond donors (Lipinski definition) is 1. The Bertz CT molecular complexity index is 572. The lowest BCUT2D eigenvalue weighted by atomic mass is 10.2. The van der Waals surface area contributed by atoms with Crippen LogP contribution in [0.2, 0.25) is 0 Å². The number of anilines is 1. The zero-order valence-electron chi connectivity index (χ0n) is 11.8. The molecule has 0 bridgehead atoms. The first-order valence-electron chi connectivity index (χ1n) is 6.77. The van der Waals surface area contributed by atoms with E-state index in [1.165, 1.54) is 0 Å². The van der Waals surface area contributed by atoms with Crippen molar-refractivity contribution in [1.82, 2.24) is 4.98 Å². The van der Waals surface area contributed by atoms with E-state index in [2.05, 4.69) is 39.2 Å². The molecule has 0 saturated heterocycles. The Kier molecular flexibility index (Phi) is 5.41. The topological polar surface area (TPSA) is 34.2 Å². The molecule has 20 heavy (non-hydrogen) atoms. The maximum Gasteiger partial charge on any atom is 0.132 e. The third-order valence-corrected chi connectivity index (χ3v) is 3.45. The van der Waals surface area contributed by atoms with E-state index in [-0.39, 0.29) is 0 Å². The number of ether oxygens (including phenoxy) is 1. The molecule has 2 rings (SSSR count).